The van der Waals surface area contributed by atoms with Crippen LogP contribution in [0, 0.1) is 17.2 Å². The van der Waals surface area contributed by atoms with Crippen LogP contribution in [-0.4, -0.2) is 26.4 Å². The summed E-state index contributed by atoms with van der Waals surface area (Å²) in [5, 5.41) is 22.4. The van der Waals surface area contributed by atoms with Crippen LogP contribution in [-0.2, 0) is 14.1 Å². The van der Waals surface area contributed by atoms with E-state index in [-0.39, 0.29) is 17.9 Å². The Balaban J connectivity index is 3.07. The van der Waals surface area contributed by atoms with Gasteiger partial charge < -0.3 is 10.4 Å². The number of aromatic nitrogens is 2. The maximum atomic E-state index is 12.0. The molecule has 122 valence electrons. The third-order valence-electron chi connectivity index (χ3n) is 3.67. The van der Waals surface area contributed by atoms with Crippen LogP contribution in [0.3, 0.4) is 0 Å². The van der Waals surface area contributed by atoms with Crippen molar-refractivity contribution >= 4 is 5.82 Å². The predicted molar refractivity (Wildman–Crippen MR) is 84.8 cm³/mol. The molecule has 0 aliphatic heterocycles. The molecule has 0 spiro atoms. The van der Waals surface area contributed by atoms with Crippen LogP contribution in [0.25, 0.3) is 0 Å². The summed E-state index contributed by atoms with van der Waals surface area (Å²) in [7, 11) is 2.81. The molecule has 0 radical (unpaired) electrons. The van der Waals surface area contributed by atoms with Crippen LogP contribution in [0.2, 0.25) is 0 Å². The van der Waals surface area contributed by atoms with Crippen LogP contribution in [0.4, 0.5) is 5.82 Å². The molecule has 0 saturated carbocycles. The molecule has 2 N–H and O–H groups in total. The average Bonchev–Trinajstić information content (AvgIpc) is 2.45. The molecule has 0 aliphatic carbocycles. The highest BCUT2D eigenvalue weighted by atomic mass is 16.3. The Kier molecular flexibility index (Phi) is 5.55. The van der Waals surface area contributed by atoms with Gasteiger partial charge in [0.1, 0.15) is 11.9 Å². The van der Waals surface area contributed by atoms with Gasteiger partial charge >= 0.3 is 5.69 Å². The highest BCUT2D eigenvalue weighted by Crippen LogP contribution is 2.18. The molecule has 1 aromatic heterocycles. The molecular weight excluding hydrogens is 284 g/mol. The van der Waals surface area contributed by atoms with E-state index in [4.69, 9.17) is 5.26 Å². The van der Waals surface area contributed by atoms with Gasteiger partial charge in [-0.05, 0) is 25.7 Å². The van der Waals surface area contributed by atoms with Crippen molar-refractivity contribution in [2.24, 2.45) is 20.0 Å². The summed E-state index contributed by atoms with van der Waals surface area (Å²) < 4.78 is 2.10. The minimum absolute atomic E-state index is 0.135. The molecule has 0 aromatic carbocycles. The first kappa shape index (κ1) is 18.0. The number of hydrogen-bond acceptors (Lipinski definition) is 5. The van der Waals surface area contributed by atoms with Crippen molar-refractivity contribution in [3.8, 4) is 6.07 Å². The molecule has 1 rings (SSSR count). The molecule has 0 fully saturated rings. The van der Waals surface area contributed by atoms with Gasteiger partial charge in [0.15, 0.2) is 5.56 Å². The Hall–Kier alpha value is -2.07. The van der Waals surface area contributed by atoms with Crippen LogP contribution in [0.5, 0.6) is 0 Å². The van der Waals surface area contributed by atoms with E-state index in [2.05, 4.69) is 19.2 Å². The molecule has 0 amide bonds. The largest absolute Gasteiger partial charge is 0.388 e. The number of nitrogens with one attached hydrogen (secondary N) is 1. The Morgan fingerprint density at radius 3 is 2.41 bits per heavy atom. The van der Waals surface area contributed by atoms with Gasteiger partial charge in [-0.15, -0.1) is 0 Å². The van der Waals surface area contributed by atoms with E-state index < -0.39 is 16.9 Å². The van der Waals surface area contributed by atoms with Crippen molar-refractivity contribution in [2.45, 2.75) is 39.2 Å². The average molecular weight is 308 g/mol. The fourth-order valence-electron chi connectivity index (χ4n) is 2.11. The van der Waals surface area contributed by atoms with E-state index in [0.29, 0.717) is 12.3 Å². The lowest BCUT2D eigenvalue weighted by Gasteiger charge is -2.26. The van der Waals surface area contributed by atoms with Gasteiger partial charge in [0.25, 0.3) is 5.56 Å². The highest BCUT2D eigenvalue weighted by molar-refractivity contribution is 5.51. The number of nitrogens with zero attached hydrogens (tertiary/aromatic N) is 3. The van der Waals surface area contributed by atoms with E-state index in [1.54, 1.807) is 6.92 Å². The molecule has 1 heterocycles. The van der Waals surface area contributed by atoms with Crippen LogP contribution >= 0.6 is 0 Å². The number of rotatable bonds is 6. The molecule has 22 heavy (non-hydrogen) atoms. The molecule has 1 unspecified atom stereocenters. The summed E-state index contributed by atoms with van der Waals surface area (Å²) in [6, 6.07) is 1.82. The Morgan fingerprint density at radius 1 is 1.32 bits per heavy atom. The maximum absolute atomic E-state index is 12.0. The second-order valence-corrected chi connectivity index (χ2v) is 6.32. The Bertz CT molecular complexity index is 692. The molecular formula is C15H24N4O3. The number of nitriles is 1. The number of hydrogen-bond donors (Lipinski definition) is 2. The molecule has 0 bridgehead atoms. The van der Waals surface area contributed by atoms with Crippen molar-refractivity contribution in [1.82, 2.24) is 9.13 Å². The monoisotopic (exact) mass is 308 g/mol. The van der Waals surface area contributed by atoms with Gasteiger partial charge in [-0.2, -0.15) is 5.26 Å². The van der Waals surface area contributed by atoms with Gasteiger partial charge in [-0.25, -0.2) is 4.79 Å². The molecule has 1 atom stereocenters. The van der Waals surface area contributed by atoms with Gasteiger partial charge in [0.05, 0.1) is 5.60 Å². The second-order valence-electron chi connectivity index (χ2n) is 6.32. The minimum atomic E-state index is -0.992. The quantitative estimate of drug-likeness (QED) is 0.799. The fourth-order valence-corrected chi connectivity index (χ4v) is 2.11. The van der Waals surface area contributed by atoms with Gasteiger partial charge in [0.2, 0.25) is 0 Å². The summed E-state index contributed by atoms with van der Waals surface area (Å²) >= 11 is 0. The van der Waals surface area contributed by atoms with Crippen molar-refractivity contribution in [2.75, 3.05) is 11.9 Å². The minimum Gasteiger partial charge on any atom is -0.388 e. The van der Waals surface area contributed by atoms with E-state index in [0.717, 1.165) is 11.0 Å². The third kappa shape index (κ3) is 3.98. The highest BCUT2D eigenvalue weighted by Gasteiger charge is 2.23. The van der Waals surface area contributed by atoms with Crippen molar-refractivity contribution < 1.29 is 5.11 Å². The van der Waals surface area contributed by atoms with Gasteiger partial charge in [-0.3, -0.25) is 13.9 Å². The van der Waals surface area contributed by atoms with E-state index in [9.17, 15) is 14.7 Å². The Labute approximate surface area is 129 Å². The lowest BCUT2D eigenvalue weighted by atomic mass is 9.95. The summed E-state index contributed by atoms with van der Waals surface area (Å²) in [5.74, 6) is 0.606. The van der Waals surface area contributed by atoms with Crippen molar-refractivity contribution in [3.05, 3.63) is 26.4 Å². The van der Waals surface area contributed by atoms with Crippen LogP contribution < -0.4 is 16.6 Å². The standard InChI is InChI=1S/C15H24N4O3/c1-10(2)6-7-15(3,22)9-17-12-11(8-16)13(20)19(5)14(21)18(12)4/h10,17,22H,6-7,9H2,1-5H3. The first-order valence-electron chi connectivity index (χ1n) is 7.27. The van der Waals surface area contributed by atoms with Crippen LogP contribution in [0.15, 0.2) is 9.59 Å². The second kappa shape index (κ2) is 6.79. The zero-order valence-electron chi connectivity index (χ0n) is 13.8. The van der Waals surface area contributed by atoms with E-state index in [1.807, 2.05) is 6.07 Å². The van der Waals surface area contributed by atoms with E-state index >= 15 is 0 Å². The first-order valence-corrected chi connectivity index (χ1v) is 7.27. The molecule has 0 saturated heterocycles. The lowest BCUT2D eigenvalue weighted by molar-refractivity contribution is 0.0584. The summed E-state index contributed by atoms with van der Waals surface area (Å²) in [5.41, 5.74) is -2.29. The zero-order valence-corrected chi connectivity index (χ0v) is 13.8. The zero-order chi connectivity index (χ0) is 17.1. The number of anilines is 1. The third-order valence-corrected chi connectivity index (χ3v) is 3.67. The molecule has 1 aromatic rings. The van der Waals surface area contributed by atoms with Crippen molar-refractivity contribution in [1.29, 1.82) is 5.26 Å². The maximum Gasteiger partial charge on any atom is 0.332 e. The first-order chi connectivity index (χ1) is 10.1. The summed E-state index contributed by atoms with van der Waals surface area (Å²) in [6.07, 6.45) is 1.44. The van der Waals surface area contributed by atoms with Crippen molar-refractivity contribution in [3.63, 3.8) is 0 Å². The fraction of sp³-hybridized carbons (Fsp3) is 0.667. The normalized spacial score (nSPS) is 13.7. The number of aliphatic hydroxyl groups is 1. The van der Waals surface area contributed by atoms with Crippen LogP contribution in [0.1, 0.15) is 39.2 Å². The molecule has 0 aliphatic rings. The lowest BCUT2D eigenvalue weighted by Crippen LogP contribution is -2.42. The summed E-state index contributed by atoms with van der Waals surface area (Å²) in [4.78, 5) is 23.9. The predicted octanol–water partition coefficient (Wildman–Crippen LogP) is 0.555. The van der Waals surface area contributed by atoms with Gasteiger partial charge in [0, 0.05) is 20.6 Å². The van der Waals surface area contributed by atoms with Gasteiger partial charge in [-0.1, -0.05) is 13.8 Å². The van der Waals surface area contributed by atoms with E-state index in [1.165, 1.54) is 18.7 Å². The topological polar surface area (TPSA) is 100 Å². The smallest absolute Gasteiger partial charge is 0.332 e. The molecule has 7 heteroatoms. The molecule has 7 nitrogen and oxygen atoms in total. The summed E-state index contributed by atoms with van der Waals surface area (Å²) in [6.45, 7) is 5.98. The Morgan fingerprint density at radius 2 is 1.91 bits per heavy atom. The SMILES string of the molecule is CC(C)CCC(C)(O)CNc1c(C#N)c(=O)n(C)c(=O)n1C.